The summed E-state index contributed by atoms with van der Waals surface area (Å²) in [4.78, 5) is 19.4. The zero-order valence-corrected chi connectivity index (χ0v) is 18.6. The maximum Gasteiger partial charge on any atom is 0.271 e. The average Bonchev–Trinajstić information content (AvgIpc) is 3.26. The third-order valence-electron chi connectivity index (χ3n) is 6.74. The van der Waals surface area contributed by atoms with Crippen LogP contribution in [0, 0.1) is 5.82 Å². The molecule has 172 valence electrons. The number of fused-ring (bicyclic) bond motifs is 2. The molecule has 1 amide bonds. The lowest BCUT2D eigenvalue weighted by Crippen LogP contribution is -2.42. The van der Waals surface area contributed by atoms with Crippen LogP contribution in [0.5, 0.6) is 0 Å². The summed E-state index contributed by atoms with van der Waals surface area (Å²) in [6, 6.07) is 15.1. The van der Waals surface area contributed by atoms with Crippen LogP contribution in [0.2, 0.25) is 0 Å². The van der Waals surface area contributed by atoms with Crippen molar-refractivity contribution >= 4 is 5.91 Å². The molecule has 2 aromatic carbocycles. The van der Waals surface area contributed by atoms with Crippen molar-refractivity contribution < 1.29 is 14.3 Å². The van der Waals surface area contributed by atoms with Gasteiger partial charge in [0.05, 0.1) is 6.10 Å². The lowest BCUT2D eigenvalue weighted by molar-refractivity contribution is 0.0838. The predicted octanol–water partition coefficient (Wildman–Crippen LogP) is 2.90. The van der Waals surface area contributed by atoms with Crippen LogP contribution in [0.15, 0.2) is 54.7 Å². The van der Waals surface area contributed by atoms with Crippen LogP contribution < -0.4 is 5.32 Å². The molecule has 5 rings (SSSR count). The third kappa shape index (κ3) is 4.99. The minimum absolute atomic E-state index is 0.192. The molecule has 2 atom stereocenters. The Morgan fingerprint density at radius 3 is 2.76 bits per heavy atom. The summed E-state index contributed by atoms with van der Waals surface area (Å²) in [7, 11) is 0. The van der Waals surface area contributed by atoms with Gasteiger partial charge in [0.25, 0.3) is 5.91 Å². The van der Waals surface area contributed by atoms with Gasteiger partial charge in [-0.1, -0.05) is 36.4 Å². The van der Waals surface area contributed by atoms with Crippen LogP contribution in [-0.4, -0.2) is 51.2 Å². The van der Waals surface area contributed by atoms with Crippen molar-refractivity contribution in [3.8, 4) is 0 Å². The average molecular weight is 449 g/mol. The number of hydrogen-bond donors (Lipinski definition) is 2. The molecule has 1 aromatic heterocycles. The number of aliphatic hydroxyl groups is 1. The van der Waals surface area contributed by atoms with E-state index in [-0.39, 0.29) is 24.2 Å². The van der Waals surface area contributed by atoms with Gasteiger partial charge >= 0.3 is 0 Å². The Labute approximate surface area is 193 Å². The largest absolute Gasteiger partial charge is 0.390 e. The van der Waals surface area contributed by atoms with Crippen molar-refractivity contribution in [2.24, 2.45) is 0 Å². The first-order valence-electron chi connectivity index (χ1n) is 11.6. The highest BCUT2D eigenvalue weighted by molar-refractivity contribution is 5.92. The van der Waals surface area contributed by atoms with Gasteiger partial charge in [0.2, 0.25) is 0 Å². The van der Waals surface area contributed by atoms with Gasteiger partial charge in [-0.15, -0.1) is 0 Å². The van der Waals surface area contributed by atoms with Gasteiger partial charge in [0, 0.05) is 51.3 Å². The summed E-state index contributed by atoms with van der Waals surface area (Å²) in [5.41, 5.74) is 4.17. The number of rotatable bonds is 6. The van der Waals surface area contributed by atoms with Crippen molar-refractivity contribution in [1.29, 1.82) is 0 Å². The summed E-state index contributed by atoms with van der Waals surface area (Å²) in [6.07, 6.45) is 3.82. The number of β-amino-alcohol motifs (C(OH)–C–C–N with tert-alkyl or cyclic N) is 1. The van der Waals surface area contributed by atoms with Crippen molar-refractivity contribution in [3.63, 3.8) is 0 Å². The van der Waals surface area contributed by atoms with Crippen LogP contribution in [-0.2, 0) is 25.9 Å². The molecular formula is C26H29FN4O2. The van der Waals surface area contributed by atoms with Crippen molar-refractivity contribution in [1.82, 2.24) is 19.8 Å². The molecule has 2 unspecified atom stereocenters. The number of aliphatic hydroxyl groups excluding tert-OH is 1. The molecule has 0 saturated carbocycles. The predicted molar refractivity (Wildman–Crippen MR) is 123 cm³/mol. The van der Waals surface area contributed by atoms with Gasteiger partial charge in [-0.3, -0.25) is 9.69 Å². The number of amides is 1. The van der Waals surface area contributed by atoms with E-state index in [1.165, 1.54) is 23.3 Å². The molecule has 2 aliphatic rings. The third-order valence-corrected chi connectivity index (χ3v) is 6.74. The van der Waals surface area contributed by atoms with E-state index in [2.05, 4.69) is 33.4 Å². The Kier molecular flexibility index (Phi) is 6.24. The van der Waals surface area contributed by atoms with E-state index in [1.807, 2.05) is 22.8 Å². The highest BCUT2D eigenvalue weighted by Crippen LogP contribution is 2.29. The van der Waals surface area contributed by atoms with Gasteiger partial charge in [0.1, 0.15) is 17.3 Å². The molecular weight excluding hydrogens is 419 g/mol. The maximum atomic E-state index is 13.2. The molecule has 6 nitrogen and oxygen atoms in total. The molecule has 0 bridgehead atoms. The SMILES string of the molecule is O=C(NCC(O)CN1CCc2ccccc2C1)c1cn2c(n1)CCC(c1ccc(F)cc1)C2. The Bertz CT molecular complexity index is 1130. The highest BCUT2D eigenvalue weighted by atomic mass is 19.1. The number of imidazole rings is 1. The molecule has 3 heterocycles. The zero-order chi connectivity index (χ0) is 22.8. The minimum atomic E-state index is -0.640. The summed E-state index contributed by atoms with van der Waals surface area (Å²) in [5.74, 6) is 0.674. The highest BCUT2D eigenvalue weighted by Gasteiger charge is 2.24. The fourth-order valence-corrected chi connectivity index (χ4v) is 4.93. The number of aromatic nitrogens is 2. The maximum absolute atomic E-state index is 13.2. The van der Waals surface area contributed by atoms with Crippen LogP contribution in [0.4, 0.5) is 4.39 Å². The fraction of sp³-hybridized carbons (Fsp3) is 0.385. The molecule has 2 aliphatic heterocycles. The minimum Gasteiger partial charge on any atom is -0.390 e. The first kappa shape index (κ1) is 21.8. The quantitative estimate of drug-likeness (QED) is 0.609. The molecule has 0 radical (unpaired) electrons. The number of benzene rings is 2. The summed E-state index contributed by atoms with van der Waals surface area (Å²) in [5, 5.41) is 13.3. The van der Waals surface area contributed by atoms with Crippen molar-refractivity contribution in [2.45, 2.75) is 44.4 Å². The number of carbonyl (C=O) groups excluding carboxylic acids is 1. The summed E-state index contributed by atoms with van der Waals surface area (Å²) < 4.78 is 15.2. The number of halogens is 1. The zero-order valence-electron chi connectivity index (χ0n) is 18.6. The van der Waals surface area contributed by atoms with E-state index in [9.17, 15) is 14.3 Å². The normalized spacial score (nSPS) is 18.9. The molecule has 33 heavy (non-hydrogen) atoms. The van der Waals surface area contributed by atoms with E-state index in [4.69, 9.17) is 0 Å². The number of carbonyl (C=O) groups is 1. The molecule has 0 fully saturated rings. The summed E-state index contributed by atoms with van der Waals surface area (Å²) >= 11 is 0. The Morgan fingerprint density at radius 1 is 1.15 bits per heavy atom. The second-order valence-corrected chi connectivity index (χ2v) is 9.10. The summed E-state index contributed by atoms with van der Waals surface area (Å²) in [6.45, 7) is 3.17. The van der Waals surface area contributed by atoms with Crippen molar-refractivity contribution in [3.05, 3.63) is 88.8 Å². The van der Waals surface area contributed by atoms with E-state index < -0.39 is 6.10 Å². The van der Waals surface area contributed by atoms with Crippen LogP contribution >= 0.6 is 0 Å². The van der Waals surface area contributed by atoms with E-state index in [1.54, 1.807) is 6.20 Å². The number of hydrogen-bond acceptors (Lipinski definition) is 4. The second kappa shape index (κ2) is 9.45. The number of nitrogens with one attached hydrogen (secondary N) is 1. The first-order valence-corrected chi connectivity index (χ1v) is 11.6. The van der Waals surface area contributed by atoms with Crippen molar-refractivity contribution in [2.75, 3.05) is 19.6 Å². The monoisotopic (exact) mass is 448 g/mol. The smallest absolute Gasteiger partial charge is 0.271 e. The van der Waals surface area contributed by atoms with E-state index >= 15 is 0 Å². The van der Waals surface area contributed by atoms with Gasteiger partial charge in [-0.05, 0) is 41.7 Å². The first-order chi connectivity index (χ1) is 16.0. The fourth-order valence-electron chi connectivity index (χ4n) is 4.93. The molecule has 0 spiro atoms. The van der Waals surface area contributed by atoms with Crippen LogP contribution in [0.25, 0.3) is 0 Å². The van der Waals surface area contributed by atoms with Gasteiger partial charge in [-0.25, -0.2) is 9.37 Å². The van der Waals surface area contributed by atoms with Gasteiger partial charge in [0.15, 0.2) is 0 Å². The Balaban J connectivity index is 1.13. The van der Waals surface area contributed by atoms with E-state index in [0.29, 0.717) is 12.2 Å². The van der Waals surface area contributed by atoms with Gasteiger partial charge < -0.3 is 15.0 Å². The van der Waals surface area contributed by atoms with Crippen LogP contribution in [0.1, 0.15) is 45.3 Å². The number of aryl methyl sites for hydroxylation is 1. The lowest BCUT2D eigenvalue weighted by atomic mass is 9.92. The molecule has 7 heteroatoms. The standard InChI is InChI=1S/C26H29FN4O2/c27-22-8-5-19(6-9-22)21-7-10-25-29-24(17-31(25)15-21)26(33)28-13-23(32)16-30-12-11-18-3-1-2-4-20(18)14-30/h1-6,8-9,17,21,23,32H,7,10-16H2,(H,28,33). The molecule has 0 saturated heterocycles. The number of nitrogens with zero attached hydrogens (tertiary/aromatic N) is 3. The second-order valence-electron chi connectivity index (χ2n) is 9.10. The molecule has 0 aliphatic carbocycles. The topological polar surface area (TPSA) is 70.4 Å². The van der Waals surface area contributed by atoms with Crippen LogP contribution in [0.3, 0.4) is 0 Å². The molecule has 3 aromatic rings. The van der Waals surface area contributed by atoms with Gasteiger partial charge in [-0.2, -0.15) is 0 Å². The lowest BCUT2D eigenvalue weighted by Gasteiger charge is -2.30. The van der Waals surface area contributed by atoms with E-state index in [0.717, 1.165) is 50.3 Å². The Morgan fingerprint density at radius 2 is 1.94 bits per heavy atom. The Hall–Kier alpha value is -3.03. The molecule has 2 N–H and O–H groups in total.